The van der Waals surface area contributed by atoms with Crippen LogP contribution in [0.5, 0.6) is 0 Å². The van der Waals surface area contributed by atoms with Gasteiger partial charge in [0.25, 0.3) is 0 Å². The van der Waals surface area contributed by atoms with E-state index >= 15 is 0 Å². The molecule has 0 fully saturated rings. The molecule has 12 aromatic carbocycles. The molecule has 1 heterocycles. The highest BCUT2D eigenvalue weighted by molar-refractivity contribution is 6.09. The SMILES string of the molecule is c1cc(-c2ccc(N(c3ccc(-c4cccc(-c5cccc6ccccc56)c4)cc3)c3ccc(-c4cccc(-c5cccc6c5oc5ccccc56)c4)cc3)cc2)cc(-c2cccc3ccccc23)c1. The first kappa shape index (κ1) is 41.0. The van der Waals surface area contributed by atoms with Crippen LogP contribution in [-0.4, -0.2) is 0 Å². The Balaban J connectivity index is 0.853. The molecule has 0 aliphatic heterocycles. The van der Waals surface area contributed by atoms with E-state index in [4.69, 9.17) is 4.42 Å². The molecule has 0 saturated heterocycles. The fourth-order valence-corrected chi connectivity index (χ4v) is 10.4. The number of hydrogen-bond acceptors (Lipinski definition) is 2. The van der Waals surface area contributed by atoms with Gasteiger partial charge in [-0.1, -0.05) is 212 Å². The molecular weight excluding hydrogens is 847 g/mol. The lowest BCUT2D eigenvalue weighted by Crippen LogP contribution is -2.09. The lowest BCUT2D eigenvalue weighted by atomic mass is 9.95. The van der Waals surface area contributed by atoms with E-state index in [1.807, 2.05) is 12.1 Å². The molecule has 0 aliphatic carbocycles. The van der Waals surface area contributed by atoms with Gasteiger partial charge in [-0.15, -0.1) is 0 Å². The summed E-state index contributed by atoms with van der Waals surface area (Å²) in [6.07, 6.45) is 0. The Bertz CT molecular complexity index is 3870. The number of rotatable bonds is 9. The van der Waals surface area contributed by atoms with Gasteiger partial charge in [0.1, 0.15) is 11.2 Å². The van der Waals surface area contributed by atoms with Gasteiger partial charge in [0.2, 0.25) is 0 Å². The molecule has 2 heteroatoms. The van der Waals surface area contributed by atoms with Crippen LogP contribution in [0.3, 0.4) is 0 Å². The lowest BCUT2D eigenvalue weighted by molar-refractivity contribution is 0.670. The quantitative estimate of drug-likeness (QED) is 0.144. The predicted octanol–water partition coefficient (Wildman–Crippen LogP) is 19.4. The Hall–Kier alpha value is -9.24. The lowest BCUT2D eigenvalue weighted by Gasteiger charge is -2.26. The Morgan fingerprint density at radius 1 is 0.229 bits per heavy atom. The van der Waals surface area contributed by atoms with Crippen molar-refractivity contribution in [2.45, 2.75) is 0 Å². The normalized spacial score (nSPS) is 11.4. The van der Waals surface area contributed by atoms with E-state index in [-0.39, 0.29) is 0 Å². The van der Waals surface area contributed by atoms with Crippen molar-refractivity contribution >= 4 is 60.5 Å². The molecule has 0 N–H and O–H groups in total. The van der Waals surface area contributed by atoms with Gasteiger partial charge in [-0.25, -0.2) is 0 Å². The molecule has 0 saturated carbocycles. The second-order valence-electron chi connectivity index (χ2n) is 18.1. The smallest absolute Gasteiger partial charge is 0.143 e. The van der Waals surface area contributed by atoms with Crippen molar-refractivity contribution < 1.29 is 4.42 Å². The molecule has 0 spiro atoms. The first-order valence-corrected chi connectivity index (χ1v) is 24.0. The number of nitrogens with zero attached hydrogens (tertiary/aromatic N) is 1. The van der Waals surface area contributed by atoms with E-state index in [0.717, 1.165) is 61.3 Å². The zero-order valence-corrected chi connectivity index (χ0v) is 38.3. The molecule has 2 nitrogen and oxygen atoms in total. The highest BCUT2D eigenvalue weighted by atomic mass is 16.3. The van der Waals surface area contributed by atoms with Crippen LogP contribution in [0, 0.1) is 0 Å². The molecule has 0 amide bonds. The minimum Gasteiger partial charge on any atom is -0.455 e. The summed E-state index contributed by atoms with van der Waals surface area (Å²) in [6, 6.07) is 98.6. The van der Waals surface area contributed by atoms with Crippen LogP contribution < -0.4 is 4.90 Å². The molecule has 328 valence electrons. The van der Waals surface area contributed by atoms with Crippen LogP contribution in [0.2, 0.25) is 0 Å². The van der Waals surface area contributed by atoms with Gasteiger partial charge < -0.3 is 9.32 Å². The number of anilines is 3. The van der Waals surface area contributed by atoms with Crippen molar-refractivity contribution in [3.63, 3.8) is 0 Å². The Labute approximate surface area is 407 Å². The first-order valence-electron chi connectivity index (χ1n) is 24.0. The van der Waals surface area contributed by atoms with Crippen molar-refractivity contribution in [2.75, 3.05) is 4.90 Å². The zero-order chi connectivity index (χ0) is 46.4. The molecule has 13 aromatic rings. The van der Waals surface area contributed by atoms with Crippen molar-refractivity contribution in [3.05, 3.63) is 273 Å². The van der Waals surface area contributed by atoms with Crippen molar-refractivity contribution in [2.24, 2.45) is 0 Å². The standard InChI is InChI=1S/C68H45NO/c1-3-23-60-49(13-1)15-10-26-62(60)54-20-7-17-51(43-54)46-31-37-57(38-32-46)69(58-39-33-47(34-40-58)52-18-8-21-55(44-52)63-27-11-16-50-14-2-4-24-61(50)63)59-41-35-48(36-42-59)53-19-9-22-56(45-53)64-28-12-29-66-65-25-5-6-30-67(65)70-68(64)66/h1-45H. The highest BCUT2D eigenvalue weighted by Gasteiger charge is 2.17. The maximum absolute atomic E-state index is 6.44. The molecule has 0 atom stereocenters. The largest absolute Gasteiger partial charge is 0.455 e. The number of fused-ring (bicyclic) bond motifs is 5. The minimum absolute atomic E-state index is 0.905. The fourth-order valence-electron chi connectivity index (χ4n) is 10.4. The summed E-state index contributed by atoms with van der Waals surface area (Å²) in [7, 11) is 0. The fraction of sp³-hybridized carbons (Fsp3) is 0. The minimum atomic E-state index is 0.905. The van der Waals surface area contributed by atoms with Crippen LogP contribution in [0.25, 0.3) is 110 Å². The van der Waals surface area contributed by atoms with Crippen LogP contribution in [-0.2, 0) is 0 Å². The van der Waals surface area contributed by atoms with Crippen LogP contribution in [0.1, 0.15) is 0 Å². The molecule has 0 unspecified atom stereocenters. The van der Waals surface area contributed by atoms with Gasteiger partial charge in [-0.2, -0.15) is 0 Å². The molecule has 0 bridgehead atoms. The summed E-state index contributed by atoms with van der Waals surface area (Å²) in [5.74, 6) is 0. The van der Waals surface area contributed by atoms with Crippen LogP contribution in [0.15, 0.2) is 277 Å². The summed E-state index contributed by atoms with van der Waals surface area (Å²) < 4.78 is 6.44. The maximum Gasteiger partial charge on any atom is 0.143 e. The monoisotopic (exact) mass is 891 g/mol. The molecule has 70 heavy (non-hydrogen) atoms. The summed E-state index contributed by atoms with van der Waals surface area (Å²) in [4.78, 5) is 2.36. The third-order valence-corrected chi connectivity index (χ3v) is 13.9. The van der Waals surface area contributed by atoms with Crippen molar-refractivity contribution in [3.8, 4) is 66.8 Å². The molecule has 0 radical (unpaired) electrons. The second-order valence-corrected chi connectivity index (χ2v) is 18.1. The average Bonchev–Trinajstić information content (AvgIpc) is 3.83. The van der Waals surface area contributed by atoms with E-state index in [0.29, 0.717) is 0 Å². The van der Waals surface area contributed by atoms with E-state index in [2.05, 4.69) is 266 Å². The molecule has 13 rings (SSSR count). The van der Waals surface area contributed by atoms with Gasteiger partial charge in [-0.3, -0.25) is 0 Å². The van der Waals surface area contributed by atoms with Gasteiger partial charge in [0, 0.05) is 33.4 Å². The van der Waals surface area contributed by atoms with Gasteiger partial charge in [0.05, 0.1) is 0 Å². The second kappa shape index (κ2) is 17.4. The Morgan fingerprint density at radius 3 is 1.06 bits per heavy atom. The van der Waals surface area contributed by atoms with E-state index in [1.54, 1.807) is 0 Å². The predicted molar refractivity (Wildman–Crippen MR) is 296 cm³/mol. The van der Waals surface area contributed by atoms with E-state index in [9.17, 15) is 0 Å². The molecule has 1 aromatic heterocycles. The average molecular weight is 892 g/mol. The van der Waals surface area contributed by atoms with Crippen LogP contribution >= 0.6 is 0 Å². The maximum atomic E-state index is 6.44. The highest BCUT2D eigenvalue weighted by Crippen LogP contribution is 2.41. The van der Waals surface area contributed by atoms with E-state index in [1.165, 1.54) is 66.1 Å². The Morgan fingerprint density at radius 2 is 0.571 bits per heavy atom. The first-order chi connectivity index (χ1) is 34.7. The summed E-state index contributed by atoms with van der Waals surface area (Å²) >= 11 is 0. The summed E-state index contributed by atoms with van der Waals surface area (Å²) in [5, 5.41) is 7.28. The van der Waals surface area contributed by atoms with Gasteiger partial charge >= 0.3 is 0 Å². The topological polar surface area (TPSA) is 16.4 Å². The van der Waals surface area contributed by atoms with E-state index < -0.39 is 0 Å². The number of furan rings is 1. The van der Waals surface area contributed by atoms with Crippen molar-refractivity contribution in [1.29, 1.82) is 0 Å². The van der Waals surface area contributed by atoms with Gasteiger partial charge in [-0.05, 0) is 143 Å². The third-order valence-electron chi connectivity index (χ3n) is 13.9. The molecular formula is C68H45NO. The Kier molecular flexibility index (Phi) is 10.2. The number of para-hydroxylation sites is 2. The summed E-state index contributed by atoms with van der Waals surface area (Å²) in [6.45, 7) is 0. The third kappa shape index (κ3) is 7.49. The number of hydrogen-bond donors (Lipinski definition) is 0. The van der Waals surface area contributed by atoms with Crippen LogP contribution in [0.4, 0.5) is 17.1 Å². The zero-order valence-electron chi connectivity index (χ0n) is 38.3. The van der Waals surface area contributed by atoms with Crippen molar-refractivity contribution in [1.82, 2.24) is 0 Å². The number of benzene rings is 12. The molecule has 0 aliphatic rings. The van der Waals surface area contributed by atoms with Gasteiger partial charge in [0.15, 0.2) is 0 Å². The summed E-state index contributed by atoms with van der Waals surface area (Å²) in [5.41, 5.74) is 19.1.